The number of H-pyrrole nitrogens is 1. The number of ether oxygens (including phenoxy) is 1. The zero-order valence-electron chi connectivity index (χ0n) is 16.2. The lowest BCUT2D eigenvalue weighted by atomic mass is 9.86. The summed E-state index contributed by atoms with van der Waals surface area (Å²) in [6, 6.07) is 16.1. The second-order valence-electron chi connectivity index (χ2n) is 8.26. The fraction of sp³-hybridized carbons (Fsp3) is 0.348. The van der Waals surface area contributed by atoms with Crippen molar-refractivity contribution in [3.05, 3.63) is 65.4 Å². The number of carbonyl (C=O) groups excluding carboxylic acids is 1. The van der Waals surface area contributed by atoms with Crippen LogP contribution in [0.1, 0.15) is 37.6 Å². The van der Waals surface area contributed by atoms with E-state index in [9.17, 15) is 4.79 Å². The summed E-state index contributed by atoms with van der Waals surface area (Å²) < 4.78 is 5.64. The van der Waals surface area contributed by atoms with Gasteiger partial charge in [0.1, 0.15) is 5.75 Å². The molecule has 1 aromatic heterocycles. The van der Waals surface area contributed by atoms with Crippen molar-refractivity contribution in [2.45, 2.75) is 39.2 Å². The third kappa shape index (κ3) is 3.57. The van der Waals surface area contributed by atoms with Crippen molar-refractivity contribution in [2.75, 3.05) is 13.2 Å². The molecule has 1 aliphatic heterocycles. The third-order valence-corrected chi connectivity index (χ3v) is 5.30. The quantitative estimate of drug-likeness (QED) is 0.749. The van der Waals surface area contributed by atoms with E-state index in [-0.39, 0.29) is 17.9 Å². The van der Waals surface area contributed by atoms with Crippen LogP contribution in [0.25, 0.3) is 10.9 Å². The van der Waals surface area contributed by atoms with Crippen molar-refractivity contribution in [1.29, 1.82) is 0 Å². The molecule has 0 spiro atoms. The van der Waals surface area contributed by atoms with E-state index in [1.165, 1.54) is 22.2 Å². The Kier molecular flexibility index (Phi) is 4.42. The Morgan fingerprint density at radius 3 is 2.67 bits per heavy atom. The van der Waals surface area contributed by atoms with Gasteiger partial charge in [0, 0.05) is 41.7 Å². The maximum Gasteiger partial charge on any atom is 0.260 e. The van der Waals surface area contributed by atoms with Crippen molar-refractivity contribution < 1.29 is 9.53 Å². The molecule has 0 saturated heterocycles. The minimum Gasteiger partial charge on any atom is -0.484 e. The number of nitrogens with zero attached hydrogens (tertiary/aromatic N) is 1. The standard InChI is InChI=1S/C23H26N2O2/c1-23(2,3)16-9-10-20-18(13-16)19-14-25(12-11-21(19)24-20)22(26)15-27-17-7-5-4-6-8-17/h4-10,13,24H,11-12,14-15H2,1-3H3. The van der Waals surface area contributed by atoms with Gasteiger partial charge in [0.25, 0.3) is 5.91 Å². The maximum atomic E-state index is 12.7. The molecular formula is C23H26N2O2. The predicted octanol–water partition coefficient (Wildman–Crippen LogP) is 4.43. The van der Waals surface area contributed by atoms with Crippen LogP contribution < -0.4 is 4.74 Å². The van der Waals surface area contributed by atoms with Crippen LogP contribution in [-0.2, 0) is 23.2 Å². The number of carbonyl (C=O) groups is 1. The van der Waals surface area contributed by atoms with E-state index >= 15 is 0 Å². The number of fused-ring (bicyclic) bond motifs is 3. The number of rotatable bonds is 3. The predicted molar refractivity (Wildman–Crippen MR) is 108 cm³/mol. The molecule has 4 rings (SSSR count). The Labute approximate surface area is 160 Å². The van der Waals surface area contributed by atoms with Gasteiger partial charge in [-0.15, -0.1) is 0 Å². The first kappa shape index (κ1) is 17.7. The summed E-state index contributed by atoms with van der Waals surface area (Å²) in [5.41, 5.74) is 5.07. The van der Waals surface area contributed by atoms with E-state index in [0.717, 1.165) is 24.2 Å². The van der Waals surface area contributed by atoms with E-state index in [0.29, 0.717) is 6.54 Å². The highest BCUT2D eigenvalue weighted by Gasteiger charge is 2.25. The minimum absolute atomic E-state index is 0.0332. The summed E-state index contributed by atoms with van der Waals surface area (Å²) in [7, 11) is 0. The van der Waals surface area contributed by atoms with Gasteiger partial charge in [-0.25, -0.2) is 0 Å². The van der Waals surface area contributed by atoms with E-state index in [1.54, 1.807) is 0 Å². The van der Waals surface area contributed by atoms with Gasteiger partial charge in [-0.3, -0.25) is 4.79 Å². The van der Waals surface area contributed by atoms with E-state index in [2.05, 4.69) is 44.0 Å². The SMILES string of the molecule is CC(C)(C)c1ccc2[nH]c3c(c2c1)CN(C(=O)COc1ccccc1)CC3. The topological polar surface area (TPSA) is 45.3 Å². The molecule has 0 saturated carbocycles. The number of aromatic nitrogens is 1. The molecule has 3 aromatic rings. The van der Waals surface area contributed by atoms with E-state index in [4.69, 9.17) is 4.74 Å². The van der Waals surface area contributed by atoms with Crippen molar-refractivity contribution in [1.82, 2.24) is 9.88 Å². The van der Waals surface area contributed by atoms with Crippen LogP contribution in [0.2, 0.25) is 0 Å². The molecule has 0 radical (unpaired) electrons. The fourth-order valence-electron chi connectivity index (χ4n) is 3.65. The Morgan fingerprint density at radius 1 is 1.15 bits per heavy atom. The number of amides is 1. The Hall–Kier alpha value is -2.75. The molecule has 1 N–H and O–H groups in total. The normalized spacial score (nSPS) is 14.3. The molecule has 0 aliphatic carbocycles. The average molecular weight is 362 g/mol. The molecule has 1 aliphatic rings. The number of hydrogen-bond acceptors (Lipinski definition) is 2. The van der Waals surface area contributed by atoms with Gasteiger partial charge in [-0.05, 0) is 35.2 Å². The Morgan fingerprint density at radius 2 is 1.93 bits per heavy atom. The monoisotopic (exact) mass is 362 g/mol. The first-order valence-electron chi connectivity index (χ1n) is 9.51. The van der Waals surface area contributed by atoms with Crippen LogP contribution in [0.3, 0.4) is 0 Å². The fourth-order valence-corrected chi connectivity index (χ4v) is 3.65. The van der Waals surface area contributed by atoms with Gasteiger partial charge in [0.2, 0.25) is 0 Å². The molecule has 0 bridgehead atoms. The molecule has 0 atom stereocenters. The highest BCUT2D eigenvalue weighted by molar-refractivity contribution is 5.87. The first-order valence-corrected chi connectivity index (χ1v) is 9.51. The summed E-state index contributed by atoms with van der Waals surface area (Å²) >= 11 is 0. The summed E-state index contributed by atoms with van der Waals surface area (Å²) in [5.74, 6) is 0.760. The smallest absolute Gasteiger partial charge is 0.260 e. The molecule has 0 fully saturated rings. The Balaban J connectivity index is 1.54. The van der Waals surface area contributed by atoms with Crippen LogP contribution >= 0.6 is 0 Å². The van der Waals surface area contributed by atoms with Crippen molar-refractivity contribution >= 4 is 16.8 Å². The summed E-state index contributed by atoms with van der Waals surface area (Å²) in [6.07, 6.45) is 0.853. The van der Waals surface area contributed by atoms with Gasteiger partial charge < -0.3 is 14.6 Å². The van der Waals surface area contributed by atoms with Crippen LogP contribution in [0.5, 0.6) is 5.75 Å². The average Bonchev–Trinajstić information content (AvgIpc) is 3.03. The van der Waals surface area contributed by atoms with Crippen LogP contribution in [0.15, 0.2) is 48.5 Å². The zero-order valence-corrected chi connectivity index (χ0v) is 16.2. The van der Waals surface area contributed by atoms with Crippen LogP contribution in [0.4, 0.5) is 0 Å². The molecule has 2 heterocycles. The van der Waals surface area contributed by atoms with Gasteiger partial charge in [0.05, 0.1) is 0 Å². The number of hydrogen-bond donors (Lipinski definition) is 1. The van der Waals surface area contributed by atoms with Gasteiger partial charge in [-0.2, -0.15) is 0 Å². The lowest BCUT2D eigenvalue weighted by Gasteiger charge is -2.27. The summed E-state index contributed by atoms with van der Waals surface area (Å²) in [5, 5.41) is 1.24. The molecule has 2 aromatic carbocycles. The summed E-state index contributed by atoms with van der Waals surface area (Å²) in [4.78, 5) is 18.1. The Bertz CT molecular complexity index is 967. The number of benzene rings is 2. The molecule has 4 nitrogen and oxygen atoms in total. The first-order chi connectivity index (χ1) is 12.9. The maximum absolute atomic E-state index is 12.7. The molecule has 4 heteroatoms. The molecule has 0 unspecified atom stereocenters. The van der Waals surface area contributed by atoms with E-state index in [1.807, 2.05) is 35.2 Å². The zero-order chi connectivity index (χ0) is 19.0. The van der Waals surface area contributed by atoms with Crippen LogP contribution in [0, 0.1) is 0 Å². The second kappa shape index (κ2) is 6.76. The van der Waals surface area contributed by atoms with Crippen molar-refractivity contribution in [3.8, 4) is 5.75 Å². The highest BCUT2D eigenvalue weighted by Crippen LogP contribution is 2.32. The molecule has 140 valence electrons. The van der Waals surface area contributed by atoms with Crippen molar-refractivity contribution in [2.24, 2.45) is 0 Å². The minimum atomic E-state index is 0.0332. The summed E-state index contributed by atoms with van der Waals surface area (Å²) in [6.45, 7) is 8.12. The lowest BCUT2D eigenvalue weighted by molar-refractivity contribution is -0.134. The number of aromatic amines is 1. The third-order valence-electron chi connectivity index (χ3n) is 5.30. The second-order valence-corrected chi connectivity index (χ2v) is 8.26. The molecule has 1 amide bonds. The largest absolute Gasteiger partial charge is 0.484 e. The van der Waals surface area contributed by atoms with Gasteiger partial charge in [0.15, 0.2) is 6.61 Å². The highest BCUT2D eigenvalue weighted by atomic mass is 16.5. The molecular weight excluding hydrogens is 336 g/mol. The number of para-hydroxylation sites is 1. The number of nitrogens with one attached hydrogen (secondary N) is 1. The van der Waals surface area contributed by atoms with Crippen molar-refractivity contribution in [3.63, 3.8) is 0 Å². The molecule has 27 heavy (non-hydrogen) atoms. The van der Waals surface area contributed by atoms with E-state index < -0.39 is 0 Å². The van der Waals surface area contributed by atoms with Crippen LogP contribution in [-0.4, -0.2) is 28.9 Å². The van der Waals surface area contributed by atoms with Gasteiger partial charge >= 0.3 is 0 Å². The van der Waals surface area contributed by atoms with Gasteiger partial charge in [-0.1, -0.05) is 45.0 Å². The lowest BCUT2D eigenvalue weighted by Crippen LogP contribution is -2.38.